The highest BCUT2D eigenvalue weighted by Gasteiger charge is 2.29. The van der Waals surface area contributed by atoms with Gasteiger partial charge in [-0.15, -0.1) is 11.3 Å². The van der Waals surface area contributed by atoms with E-state index in [1.54, 1.807) is 16.2 Å². The number of ether oxygens (including phenoxy) is 1. The number of aromatic nitrogens is 1. The highest BCUT2D eigenvalue weighted by Crippen LogP contribution is 2.15. The Balaban J connectivity index is 1.69. The molecule has 5 nitrogen and oxygen atoms in total. The van der Waals surface area contributed by atoms with Crippen molar-refractivity contribution in [1.82, 2.24) is 15.2 Å². The molecule has 1 atom stereocenters. The normalized spacial score (nSPS) is 19.0. The van der Waals surface area contributed by atoms with Gasteiger partial charge in [-0.1, -0.05) is 0 Å². The summed E-state index contributed by atoms with van der Waals surface area (Å²) in [6.45, 7) is 10.1. The first-order chi connectivity index (χ1) is 9.83. The molecular formula is C15H25N3O2S. The second-order valence-electron chi connectivity index (χ2n) is 6.50. The van der Waals surface area contributed by atoms with Gasteiger partial charge in [-0.3, -0.25) is 0 Å². The predicted molar refractivity (Wildman–Crippen MR) is 84.8 cm³/mol. The van der Waals surface area contributed by atoms with Crippen molar-refractivity contribution in [3.63, 3.8) is 0 Å². The van der Waals surface area contributed by atoms with Gasteiger partial charge in [-0.2, -0.15) is 0 Å². The predicted octanol–water partition coefficient (Wildman–Crippen LogP) is 2.59. The molecule has 0 spiro atoms. The molecule has 0 radical (unpaired) electrons. The zero-order valence-electron chi connectivity index (χ0n) is 13.3. The topological polar surface area (TPSA) is 54.5 Å². The average molecular weight is 311 g/mol. The van der Waals surface area contributed by atoms with Crippen molar-refractivity contribution >= 4 is 17.4 Å². The number of carbonyl (C=O) groups excluding carboxylic acids is 1. The molecule has 1 aliphatic rings. The highest BCUT2D eigenvalue weighted by atomic mass is 32.1. The summed E-state index contributed by atoms with van der Waals surface area (Å²) in [7, 11) is 0. The lowest BCUT2D eigenvalue weighted by Crippen LogP contribution is -2.38. The van der Waals surface area contributed by atoms with Gasteiger partial charge in [0, 0.05) is 43.2 Å². The molecule has 1 amide bonds. The number of rotatable bonds is 4. The van der Waals surface area contributed by atoms with E-state index in [1.807, 2.05) is 27.7 Å². The minimum Gasteiger partial charge on any atom is -0.444 e. The number of aryl methyl sites for hydroxylation is 1. The molecule has 1 N–H and O–H groups in total. The lowest BCUT2D eigenvalue weighted by molar-refractivity contribution is 0.0291. The van der Waals surface area contributed by atoms with Crippen LogP contribution in [-0.2, 0) is 11.2 Å². The van der Waals surface area contributed by atoms with Crippen LogP contribution in [0.3, 0.4) is 0 Å². The van der Waals surface area contributed by atoms with E-state index >= 15 is 0 Å². The van der Waals surface area contributed by atoms with Gasteiger partial charge < -0.3 is 15.0 Å². The summed E-state index contributed by atoms with van der Waals surface area (Å²) in [6, 6.07) is 0.360. The Kier molecular flexibility index (Phi) is 5.22. The van der Waals surface area contributed by atoms with Crippen LogP contribution in [0.4, 0.5) is 4.79 Å². The van der Waals surface area contributed by atoms with Crippen LogP contribution in [0, 0.1) is 6.92 Å². The van der Waals surface area contributed by atoms with E-state index in [9.17, 15) is 4.79 Å². The first-order valence-electron chi connectivity index (χ1n) is 7.46. The zero-order valence-corrected chi connectivity index (χ0v) is 14.1. The maximum absolute atomic E-state index is 12.0. The van der Waals surface area contributed by atoms with Crippen LogP contribution in [0.5, 0.6) is 0 Å². The van der Waals surface area contributed by atoms with Crippen molar-refractivity contribution in [2.45, 2.75) is 52.2 Å². The summed E-state index contributed by atoms with van der Waals surface area (Å²) in [4.78, 5) is 18.2. The third-order valence-electron chi connectivity index (χ3n) is 3.28. The SMILES string of the molecule is Cc1csc(CCNC2CCN(C(=O)OC(C)(C)C)C2)n1. The van der Waals surface area contributed by atoms with Crippen molar-refractivity contribution in [2.75, 3.05) is 19.6 Å². The minimum absolute atomic E-state index is 0.206. The molecule has 0 saturated carbocycles. The molecule has 1 aliphatic heterocycles. The molecule has 0 aliphatic carbocycles. The van der Waals surface area contributed by atoms with Crippen LogP contribution < -0.4 is 5.32 Å². The summed E-state index contributed by atoms with van der Waals surface area (Å²) in [6.07, 6.45) is 1.72. The summed E-state index contributed by atoms with van der Waals surface area (Å²) >= 11 is 1.71. The van der Waals surface area contributed by atoms with Crippen LogP contribution >= 0.6 is 11.3 Å². The molecular weight excluding hydrogens is 286 g/mol. The molecule has 1 saturated heterocycles. The Morgan fingerprint density at radius 3 is 2.95 bits per heavy atom. The fraction of sp³-hybridized carbons (Fsp3) is 0.733. The highest BCUT2D eigenvalue weighted by molar-refractivity contribution is 7.09. The van der Waals surface area contributed by atoms with Crippen molar-refractivity contribution in [2.24, 2.45) is 0 Å². The summed E-state index contributed by atoms with van der Waals surface area (Å²) < 4.78 is 5.40. The largest absolute Gasteiger partial charge is 0.444 e. The van der Waals surface area contributed by atoms with Crippen LogP contribution in [0.25, 0.3) is 0 Å². The first kappa shape index (κ1) is 16.2. The van der Waals surface area contributed by atoms with E-state index in [4.69, 9.17) is 4.74 Å². The molecule has 2 heterocycles. The lowest BCUT2D eigenvalue weighted by atomic mass is 10.2. The van der Waals surface area contributed by atoms with Gasteiger partial charge >= 0.3 is 6.09 Å². The fourth-order valence-electron chi connectivity index (χ4n) is 2.32. The summed E-state index contributed by atoms with van der Waals surface area (Å²) in [5, 5.41) is 6.75. The smallest absolute Gasteiger partial charge is 0.410 e. The second-order valence-corrected chi connectivity index (χ2v) is 7.44. The van der Waals surface area contributed by atoms with Gasteiger partial charge in [0.2, 0.25) is 0 Å². The molecule has 2 rings (SSSR count). The van der Waals surface area contributed by atoms with Crippen molar-refractivity contribution in [3.05, 3.63) is 16.1 Å². The Labute approximate surface area is 130 Å². The average Bonchev–Trinajstić information content (AvgIpc) is 2.97. The molecule has 1 unspecified atom stereocenters. The number of nitrogens with one attached hydrogen (secondary N) is 1. The Bertz CT molecular complexity index is 482. The number of amides is 1. The van der Waals surface area contributed by atoms with Crippen molar-refractivity contribution < 1.29 is 9.53 Å². The number of carbonyl (C=O) groups is 1. The molecule has 1 aromatic rings. The maximum atomic E-state index is 12.0. The van der Waals surface area contributed by atoms with Crippen LogP contribution in [0.15, 0.2) is 5.38 Å². The van der Waals surface area contributed by atoms with E-state index in [0.717, 1.165) is 38.2 Å². The summed E-state index contributed by atoms with van der Waals surface area (Å²) in [5.74, 6) is 0. The fourth-order valence-corrected chi connectivity index (χ4v) is 3.10. The number of hydrogen-bond donors (Lipinski definition) is 1. The third-order valence-corrected chi connectivity index (χ3v) is 4.30. The Morgan fingerprint density at radius 2 is 2.33 bits per heavy atom. The second kappa shape index (κ2) is 6.75. The molecule has 118 valence electrons. The monoisotopic (exact) mass is 311 g/mol. The molecule has 0 aromatic carbocycles. The molecule has 1 aromatic heterocycles. The Morgan fingerprint density at radius 1 is 1.57 bits per heavy atom. The van der Waals surface area contributed by atoms with E-state index in [1.165, 1.54) is 5.01 Å². The zero-order chi connectivity index (χ0) is 15.5. The van der Waals surface area contributed by atoms with E-state index in [-0.39, 0.29) is 6.09 Å². The van der Waals surface area contributed by atoms with E-state index < -0.39 is 5.60 Å². The maximum Gasteiger partial charge on any atom is 0.410 e. The number of thiazole rings is 1. The van der Waals surface area contributed by atoms with Crippen LogP contribution in [0.1, 0.15) is 37.9 Å². The molecule has 6 heteroatoms. The van der Waals surface area contributed by atoms with Gasteiger partial charge in [0.15, 0.2) is 0 Å². The third kappa shape index (κ3) is 5.28. The van der Waals surface area contributed by atoms with Crippen molar-refractivity contribution in [3.8, 4) is 0 Å². The quantitative estimate of drug-likeness (QED) is 0.928. The Hall–Kier alpha value is -1.14. The van der Waals surface area contributed by atoms with E-state index in [0.29, 0.717) is 6.04 Å². The molecule has 1 fully saturated rings. The van der Waals surface area contributed by atoms with Crippen LogP contribution in [-0.4, -0.2) is 47.3 Å². The van der Waals surface area contributed by atoms with Gasteiger partial charge in [-0.25, -0.2) is 9.78 Å². The number of likely N-dealkylation sites (tertiary alicyclic amines) is 1. The molecule has 0 bridgehead atoms. The minimum atomic E-state index is -0.425. The number of nitrogens with zero attached hydrogens (tertiary/aromatic N) is 2. The first-order valence-corrected chi connectivity index (χ1v) is 8.34. The van der Waals surface area contributed by atoms with E-state index in [2.05, 4.69) is 15.7 Å². The van der Waals surface area contributed by atoms with Crippen LogP contribution in [0.2, 0.25) is 0 Å². The summed E-state index contributed by atoms with van der Waals surface area (Å²) in [5.41, 5.74) is 0.664. The number of hydrogen-bond acceptors (Lipinski definition) is 5. The van der Waals surface area contributed by atoms with Gasteiger partial charge in [0.1, 0.15) is 5.60 Å². The van der Waals surface area contributed by atoms with Gasteiger partial charge in [-0.05, 0) is 34.1 Å². The standard InChI is InChI=1S/C15H25N3O2S/c1-11-10-21-13(17-11)5-7-16-12-6-8-18(9-12)14(19)20-15(2,3)4/h10,12,16H,5-9H2,1-4H3. The van der Waals surface area contributed by atoms with Gasteiger partial charge in [0.05, 0.1) is 5.01 Å². The lowest BCUT2D eigenvalue weighted by Gasteiger charge is -2.24. The van der Waals surface area contributed by atoms with Crippen molar-refractivity contribution in [1.29, 1.82) is 0 Å². The van der Waals surface area contributed by atoms with Gasteiger partial charge in [0.25, 0.3) is 0 Å². The molecule has 21 heavy (non-hydrogen) atoms.